The van der Waals surface area contributed by atoms with E-state index in [1.165, 1.54) is 0 Å². The molecule has 5 N–H and O–H groups in total. The van der Waals surface area contributed by atoms with E-state index in [0.717, 1.165) is 11.1 Å². The zero-order chi connectivity index (χ0) is 34.1. The summed E-state index contributed by atoms with van der Waals surface area (Å²) < 4.78 is 17.5. The number of rotatable bonds is 15. The molecule has 0 unspecified atom stereocenters. The second-order valence-electron chi connectivity index (χ2n) is 12.9. The van der Waals surface area contributed by atoms with Crippen LogP contribution in [0.1, 0.15) is 50.7 Å². The molecule has 2 aliphatic rings. The average molecular weight is 653 g/mol. The first-order chi connectivity index (χ1) is 22.5. The molecule has 1 aliphatic carbocycles. The molecule has 7 atom stereocenters. The number of carboxylic acid groups (broad SMARTS) is 1. The number of nitrogens with two attached hydrogens (primary N) is 1. The molecule has 1 saturated carbocycles. The number of nitrogens with one attached hydrogen (secondary N) is 2. The Balaban J connectivity index is 1.53. The van der Waals surface area contributed by atoms with Gasteiger partial charge < -0.3 is 40.6 Å². The molecule has 12 nitrogen and oxygen atoms in total. The standard InChI is InChI=1S/C35H48N4O8/c1-21(2)16-27(36)32(40)38-29-20-47-31(30(29)46-19-23-8-6-5-7-9-23)33(41)37-28(17-22-10-14-26(45-4)15-11-22)34(42)39(3)25-13-12-24(18-25)35(43)44/h5-11,14-15,21,24-25,27-31H,12-13,16-20,36H2,1-4H3,(H,37,41)(H,38,40)(H,43,44)/t24-,25+,27-,28-,29+,30-,31-/m1/s1. The molecule has 3 amide bonds. The molecule has 0 radical (unpaired) electrons. The van der Waals surface area contributed by atoms with Gasteiger partial charge in [-0.05, 0) is 54.9 Å². The van der Waals surface area contributed by atoms with E-state index in [1.807, 2.05) is 56.3 Å². The summed E-state index contributed by atoms with van der Waals surface area (Å²) in [4.78, 5) is 54.0. The first kappa shape index (κ1) is 35.8. The molecule has 2 aromatic carbocycles. The van der Waals surface area contributed by atoms with Crippen molar-refractivity contribution in [3.63, 3.8) is 0 Å². The maximum Gasteiger partial charge on any atom is 0.306 e. The van der Waals surface area contributed by atoms with Crippen LogP contribution < -0.4 is 21.1 Å². The van der Waals surface area contributed by atoms with Crippen molar-refractivity contribution in [2.24, 2.45) is 17.6 Å². The van der Waals surface area contributed by atoms with Gasteiger partial charge in [0.25, 0.3) is 5.91 Å². The monoisotopic (exact) mass is 652 g/mol. The molecule has 0 bridgehead atoms. The van der Waals surface area contributed by atoms with Crippen molar-refractivity contribution in [1.82, 2.24) is 15.5 Å². The summed E-state index contributed by atoms with van der Waals surface area (Å²) >= 11 is 0. The molecule has 2 aromatic rings. The molecule has 1 saturated heterocycles. The van der Waals surface area contributed by atoms with Gasteiger partial charge in [-0.2, -0.15) is 0 Å². The van der Waals surface area contributed by atoms with E-state index in [1.54, 1.807) is 31.2 Å². The molecule has 12 heteroatoms. The number of hydrogen-bond acceptors (Lipinski definition) is 8. The molecule has 0 spiro atoms. The van der Waals surface area contributed by atoms with E-state index < -0.39 is 48.1 Å². The van der Waals surface area contributed by atoms with Crippen LogP contribution in [0, 0.1) is 11.8 Å². The van der Waals surface area contributed by atoms with E-state index >= 15 is 0 Å². The highest BCUT2D eigenvalue weighted by Crippen LogP contribution is 2.30. The summed E-state index contributed by atoms with van der Waals surface area (Å²) in [5.41, 5.74) is 7.81. The molecule has 0 aromatic heterocycles. The maximum atomic E-state index is 13.9. The number of carbonyl (C=O) groups is 4. The minimum absolute atomic E-state index is 0.0212. The quantitative estimate of drug-likeness (QED) is 0.226. The predicted octanol–water partition coefficient (Wildman–Crippen LogP) is 2.28. The van der Waals surface area contributed by atoms with Crippen molar-refractivity contribution in [1.29, 1.82) is 0 Å². The fraction of sp³-hybridized carbons (Fsp3) is 0.543. The third-order valence-corrected chi connectivity index (χ3v) is 8.95. The summed E-state index contributed by atoms with van der Waals surface area (Å²) in [6, 6.07) is 14.0. The van der Waals surface area contributed by atoms with Crippen molar-refractivity contribution in [3.8, 4) is 5.75 Å². The van der Waals surface area contributed by atoms with Crippen molar-refractivity contribution < 1.29 is 38.5 Å². The van der Waals surface area contributed by atoms with Crippen molar-refractivity contribution >= 4 is 23.7 Å². The molecular formula is C35H48N4O8. The Kier molecular flexibility index (Phi) is 12.7. The molecular weight excluding hydrogens is 604 g/mol. The van der Waals surface area contributed by atoms with Crippen LogP contribution in [0.25, 0.3) is 0 Å². The largest absolute Gasteiger partial charge is 0.497 e. The Hall–Kier alpha value is -4.00. The number of nitrogens with zero attached hydrogens (tertiary/aromatic N) is 1. The lowest BCUT2D eigenvalue weighted by Crippen LogP contribution is -2.56. The van der Waals surface area contributed by atoms with Crippen LogP contribution in [-0.2, 0) is 41.7 Å². The molecule has 47 heavy (non-hydrogen) atoms. The van der Waals surface area contributed by atoms with Crippen LogP contribution in [0.3, 0.4) is 0 Å². The third kappa shape index (κ3) is 9.75. The summed E-state index contributed by atoms with van der Waals surface area (Å²) in [6.07, 6.45) is 0.0930. The minimum atomic E-state index is -1.12. The molecule has 1 aliphatic heterocycles. The topological polar surface area (TPSA) is 170 Å². The second-order valence-corrected chi connectivity index (χ2v) is 12.9. The first-order valence-electron chi connectivity index (χ1n) is 16.2. The van der Waals surface area contributed by atoms with Crippen LogP contribution in [0.2, 0.25) is 0 Å². The summed E-state index contributed by atoms with van der Waals surface area (Å²) in [7, 11) is 3.21. The van der Waals surface area contributed by atoms with Crippen LogP contribution in [0.15, 0.2) is 54.6 Å². The number of methoxy groups -OCH3 is 1. The van der Waals surface area contributed by atoms with Gasteiger partial charge in [0.2, 0.25) is 11.8 Å². The molecule has 2 fully saturated rings. The van der Waals surface area contributed by atoms with E-state index in [2.05, 4.69) is 10.6 Å². The SMILES string of the molecule is COc1ccc(C[C@@H](NC(=O)[C@@H]2OC[C@H](NC(=O)[C@H](N)CC(C)C)[C@H]2OCc2ccccc2)C(=O)N(C)[C@H]2CC[C@@H](C(=O)O)C2)cc1. The van der Waals surface area contributed by atoms with Crippen LogP contribution in [-0.4, -0.2) is 90.8 Å². The van der Waals surface area contributed by atoms with Gasteiger partial charge in [-0.1, -0.05) is 56.3 Å². The highest BCUT2D eigenvalue weighted by atomic mass is 16.6. The summed E-state index contributed by atoms with van der Waals surface area (Å²) in [6.45, 7) is 4.16. The number of aliphatic carboxylic acids is 1. The van der Waals surface area contributed by atoms with Crippen LogP contribution >= 0.6 is 0 Å². The van der Waals surface area contributed by atoms with Crippen LogP contribution in [0.4, 0.5) is 0 Å². The van der Waals surface area contributed by atoms with Gasteiger partial charge in [0.15, 0.2) is 6.10 Å². The number of amides is 3. The zero-order valence-electron chi connectivity index (χ0n) is 27.6. The smallest absolute Gasteiger partial charge is 0.306 e. The molecule has 1 heterocycles. The highest BCUT2D eigenvalue weighted by Gasteiger charge is 2.45. The number of carboxylic acids is 1. The van der Waals surface area contributed by atoms with Gasteiger partial charge in [0.05, 0.1) is 38.3 Å². The zero-order valence-corrected chi connectivity index (χ0v) is 27.6. The minimum Gasteiger partial charge on any atom is -0.497 e. The normalized spacial score (nSPS) is 23.6. The van der Waals surface area contributed by atoms with Gasteiger partial charge in [0.1, 0.15) is 17.9 Å². The van der Waals surface area contributed by atoms with Gasteiger partial charge in [-0.15, -0.1) is 0 Å². The summed E-state index contributed by atoms with van der Waals surface area (Å²) in [5.74, 6) is -1.76. The average Bonchev–Trinajstić information content (AvgIpc) is 3.71. The number of likely N-dealkylation sites (N-methyl/N-ethyl adjacent to an activating group) is 1. The third-order valence-electron chi connectivity index (χ3n) is 8.95. The van der Waals surface area contributed by atoms with Crippen molar-refractivity contribution in [2.45, 2.75) is 88.9 Å². The Labute approximate surface area is 276 Å². The fourth-order valence-electron chi connectivity index (χ4n) is 6.24. The lowest BCUT2D eigenvalue weighted by molar-refractivity contribution is -0.143. The number of hydrogen-bond donors (Lipinski definition) is 4. The lowest BCUT2D eigenvalue weighted by Gasteiger charge is -2.31. The van der Waals surface area contributed by atoms with E-state index in [0.29, 0.717) is 31.4 Å². The van der Waals surface area contributed by atoms with Crippen molar-refractivity contribution in [2.75, 3.05) is 20.8 Å². The van der Waals surface area contributed by atoms with Gasteiger partial charge in [-0.25, -0.2) is 0 Å². The van der Waals surface area contributed by atoms with Crippen LogP contribution in [0.5, 0.6) is 5.75 Å². The Morgan fingerprint density at radius 1 is 1.04 bits per heavy atom. The maximum absolute atomic E-state index is 13.9. The molecule has 256 valence electrons. The number of carbonyl (C=O) groups excluding carboxylic acids is 3. The predicted molar refractivity (Wildman–Crippen MR) is 174 cm³/mol. The number of benzene rings is 2. The van der Waals surface area contributed by atoms with Gasteiger partial charge >= 0.3 is 5.97 Å². The van der Waals surface area contributed by atoms with Crippen molar-refractivity contribution in [3.05, 3.63) is 65.7 Å². The molecule has 4 rings (SSSR count). The Morgan fingerprint density at radius 2 is 1.74 bits per heavy atom. The van der Waals surface area contributed by atoms with E-state index in [9.17, 15) is 24.3 Å². The summed E-state index contributed by atoms with van der Waals surface area (Å²) in [5, 5.41) is 15.3. The Bertz CT molecular complexity index is 1360. The second kappa shape index (κ2) is 16.7. The fourth-order valence-corrected chi connectivity index (χ4v) is 6.24. The first-order valence-corrected chi connectivity index (χ1v) is 16.2. The van der Waals surface area contributed by atoms with Gasteiger partial charge in [0, 0.05) is 19.5 Å². The van der Waals surface area contributed by atoms with Gasteiger partial charge in [-0.3, -0.25) is 19.2 Å². The van der Waals surface area contributed by atoms with E-state index in [-0.39, 0.29) is 43.4 Å². The van der Waals surface area contributed by atoms with E-state index in [4.69, 9.17) is 19.9 Å². The highest BCUT2D eigenvalue weighted by molar-refractivity contribution is 5.90. The Morgan fingerprint density at radius 3 is 2.36 bits per heavy atom. The lowest BCUT2D eigenvalue weighted by atomic mass is 10.0. The number of ether oxygens (including phenoxy) is 3.